The van der Waals surface area contributed by atoms with E-state index in [4.69, 9.17) is 15.9 Å². The van der Waals surface area contributed by atoms with Crippen LogP contribution >= 0.6 is 0 Å². The van der Waals surface area contributed by atoms with Crippen LogP contribution in [0.3, 0.4) is 0 Å². The van der Waals surface area contributed by atoms with Crippen LogP contribution in [-0.2, 0) is 4.79 Å². The summed E-state index contributed by atoms with van der Waals surface area (Å²) in [7, 11) is 0. The minimum Gasteiger partial charge on any atom is -0.463 e. The second-order valence-electron chi connectivity index (χ2n) is 5.73. The van der Waals surface area contributed by atoms with E-state index in [1.54, 1.807) is 24.3 Å². The first-order valence-corrected chi connectivity index (χ1v) is 7.70. The number of aromatic nitrogens is 2. The van der Waals surface area contributed by atoms with Gasteiger partial charge in [0.2, 0.25) is 11.6 Å². The molecule has 1 aromatic carbocycles. The van der Waals surface area contributed by atoms with E-state index in [-0.39, 0.29) is 24.0 Å². The summed E-state index contributed by atoms with van der Waals surface area (Å²) < 4.78 is 19.4. The van der Waals surface area contributed by atoms with Gasteiger partial charge < -0.3 is 15.9 Å². The van der Waals surface area contributed by atoms with E-state index < -0.39 is 16.3 Å². The molecular weight excluding hydrogens is 339 g/mol. The van der Waals surface area contributed by atoms with E-state index in [1.807, 2.05) is 0 Å². The van der Waals surface area contributed by atoms with E-state index >= 15 is 0 Å². The zero-order valence-electron chi connectivity index (χ0n) is 13.5. The Morgan fingerprint density at radius 2 is 2.00 bits per heavy atom. The zero-order valence-corrected chi connectivity index (χ0v) is 13.5. The van der Waals surface area contributed by atoms with Gasteiger partial charge in [0.25, 0.3) is 11.7 Å². The lowest BCUT2D eigenvalue weighted by molar-refractivity contribution is -0.118. The zero-order chi connectivity index (χ0) is 18.3. The number of nitrogen functional groups attached to an aromatic ring is 1. The number of rotatable bonds is 4. The van der Waals surface area contributed by atoms with E-state index in [0.29, 0.717) is 17.0 Å². The average Bonchev–Trinajstić information content (AvgIpc) is 3.24. The van der Waals surface area contributed by atoms with Crippen molar-refractivity contribution in [2.45, 2.75) is 0 Å². The number of carbonyl (C=O) groups is 1. The third kappa shape index (κ3) is 2.33. The first-order chi connectivity index (χ1) is 12.5. The van der Waals surface area contributed by atoms with Crippen LogP contribution in [0.25, 0.3) is 11.5 Å². The summed E-state index contributed by atoms with van der Waals surface area (Å²) in [5.74, 6) is -0.559. The Hall–Kier alpha value is -3.59. The number of fused-ring (bicyclic) bond motifs is 1. The Labute approximate surface area is 147 Å². The van der Waals surface area contributed by atoms with E-state index in [2.05, 4.69) is 15.1 Å². The molecule has 0 fully saturated rings. The highest BCUT2D eigenvalue weighted by atomic mass is 19.1. The SMILES string of the molecule is NC(=O)C[N+]1(c2ccccc2F)N=Cc2c(-c3ccco3)nc(N)nc21. The summed E-state index contributed by atoms with van der Waals surface area (Å²) in [6.07, 6.45) is 2.97. The lowest BCUT2D eigenvalue weighted by Crippen LogP contribution is -2.45. The summed E-state index contributed by atoms with van der Waals surface area (Å²) in [6, 6.07) is 9.40. The van der Waals surface area contributed by atoms with Gasteiger partial charge in [-0.3, -0.25) is 4.79 Å². The fourth-order valence-electron chi connectivity index (χ4n) is 3.04. The standard InChI is InChI=1S/C17H13FN6O2/c18-11-4-1-2-5-12(11)24(9-14(19)25)16-10(8-21-24)15(22-17(20)23-16)13-6-3-7-26-13/h1-8H,9H2,(H3-,19,20,21,22,23,25)/p+1. The van der Waals surface area contributed by atoms with Crippen LogP contribution in [0.2, 0.25) is 0 Å². The smallest absolute Gasteiger partial charge is 0.276 e. The predicted molar refractivity (Wildman–Crippen MR) is 93.7 cm³/mol. The lowest BCUT2D eigenvalue weighted by Gasteiger charge is -2.26. The fourth-order valence-corrected chi connectivity index (χ4v) is 3.04. The van der Waals surface area contributed by atoms with Crippen LogP contribution < -0.4 is 16.1 Å². The van der Waals surface area contributed by atoms with Crippen LogP contribution in [0.1, 0.15) is 5.56 Å². The monoisotopic (exact) mass is 353 g/mol. The van der Waals surface area contributed by atoms with Gasteiger partial charge in [-0.1, -0.05) is 17.2 Å². The van der Waals surface area contributed by atoms with Crippen molar-refractivity contribution in [1.29, 1.82) is 0 Å². The van der Waals surface area contributed by atoms with Crippen LogP contribution in [0.15, 0.2) is 52.2 Å². The number of carbonyl (C=O) groups excluding carboxylic acids is 1. The molecule has 1 aliphatic rings. The lowest BCUT2D eigenvalue weighted by atomic mass is 10.1. The molecule has 0 saturated heterocycles. The molecule has 8 nitrogen and oxygen atoms in total. The quantitative estimate of drug-likeness (QED) is 0.694. The van der Waals surface area contributed by atoms with Crippen LogP contribution in [0, 0.1) is 5.82 Å². The number of amides is 1. The minimum atomic E-state index is -0.671. The Bertz CT molecular complexity index is 1030. The first-order valence-electron chi connectivity index (χ1n) is 7.70. The highest BCUT2D eigenvalue weighted by molar-refractivity contribution is 5.99. The van der Waals surface area contributed by atoms with Gasteiger partial charge in [-0.05, 0) is 18.2 Å². The van der Waals surface area contributed by atoms with Crippen LogP contribution in [0.4, 0.5) is 21.8 Å². The van der Waals surface area contributed by atoms with Crippen molar-refractivity contribution in [3.05, 3.63) is 54.0 Å². The minimum absolute atomic E-state index is 0.0519. The van der Waals surface area contributed by atoms with Crippen molar-refractivity contribution in [2.75, 3.05) is 12.3 Å². The van der Waals surface area contributed by atoms with Crippen molar-refractivity contribution < 1.29 is 13.6 Å². The molecule has 1 amide bonds. The molecule has 2 aromatic heterocycles. The summed E-state index contributed by atoms with van der Waals surface area (Å²) in [6.45, 7) is -0.321. The van der Waals surface area contributed by atoms with Crippen molar-refractivity contribution in [1.82, 2.24) is 14.6 Å². The molecule has 0 radical (unpaired) electrons. The molecule has 0 spiro atoms. The summed E-state index contributed by atoms with van der Waals surface area (Å²) in [4.78, 5) is 20.2. The van der Waals surface area contributed by atoms with E-state index in [0.717, 1.165) is 0 Å². The van der Waals surface area contributed by atoms with Gasteiger partial charge in [-0.2, -0.15) is 4.98 Å². The summed E-state index contributed by atoms with van der Waals surface area (Å²) in [5.41, 5.74) is 12.3. The van der Waals surface area contributed by atoms with Gasteiger partial charge in [-0.15, -0.1) is 4.59 Å². The number of para-hydroxylation sites is 1. The van der Waals surface area contributed by atoms with Gasteiger partial charge in [0.15, 0.2) is 18.1 Å². The molecule has 1 unspecified atom stereocenters. The molecular formula is C17H14FN6O2+. The second kappa shape index (κ2) is 5.74. The molecule has 1 aliphatic heterocycles. The molecule has 0 bridgehead atoms. The molecule has 0 aliphatic carbocycles. The largest absolute Gasteiger partial charge is 0.463 e. The summed E-state index contributed by atoms with van der Waals surface area (Å²) >= 11 is 0. The number of nitrogens with two attached hydrogens (primary N) is 2. The van der Waals surface area contributed by atoms with Crippen molar-refractivity contribution >= 4 is 29.6 Å². The van der Waals surface area contributed by atoms with Gasteiger partial charge >= 0.3 is 0 Å². The molecule has 3 aromatic rings. The van der Waals surface area contributed by atoms with Gasteiger partial charge in [0, 0.05) is 6.07 Å². The average molecular weight is 353 g/mol. The number of primary amides is 1. The molecule has 3 heterocycles. The number of anilines is 1. The number of quaternary nitrogens is 1. The molecule has 130 valence electrons. The maximum Gasteiger partial charge on any atom is 0.276 e. The maximum absolute atomic E-state index is 14.6. The van der Waals surface area contributed by atoms with Crippen molar-refractivity contribution in [2.24, 2.45) is 10.8 Å². The molecule has 26 heavy (non-hydrogen) atoms. The van der Waals surface area contributed by atoms with Crippen molar-refractivity contribution in [3.8, 4) is 11.5 Å². The Kier molecular flexibility index (Phi) is 3.51. The number of halogens is 1. The predicted octanol–water partition coefficient (Wildman–Crippen LogP) is 1.93. The van der Waals surface area contributed by atoms with Gasteiger partial charge in [-0.25, -0.2) is 9.37 Å². The third-order valence-corrected chi connectivity index (χ3v) is 4.07. The fraction of sp³-hybridized carbons (Fsp3) is 0.0588. The number of hydrogen-bond acceptors (Lipinski definition) is 6. The number of furan rings is 1. The molecule has 4 rings (SSSR count). The van der Waals surface area contributed by atoms with E-state index in [1.165, 1.54) is 24.6 Å². The topological polar surface area (TPSA) is 120 Å². The highest BCUT2D eigenvalue weighted by Crippen LogP contribution is 2.43. The molecule has 0 saturated carbocycles. The summed E-state index contributed by atoms with van der Waals surface area (Å²) in [5, 5.41) is 4.39. The Balaban J connectivity index is 2.01. The van der Waals surface area contributed by atoms with Gasteiger partial charge in [0.1, 0.15) is 17.5 Å². The normalized spacial score (nSPS) is 18.0. The third-order valence-electron chi connectivity index (χ3n) is 4.07. The maximum atomic E-state index is 14.6. The van der Waals surface area contributed by atoms with Crippen LogP contribution in [-0.4, -0.2) is 28.6 Å². The van der Waals surface area contributed by atoms with E-state index in [9.17, 15) is 9.18 Å². The van der Waals surface area contributed by atoms with Gasteiger partial charge in [0.05, 0.1) is 6.26 Å². The molecule has 9 heteroatoms. The highest BCUT2D eigenvalue weighted by Gasteiger charge is 2.47. The molecule has 1 atom stereocenters. The number of nitrogens with zero attached hydrogens (tertiary/aromatic N) is 4. The van der Waals surface area contributed by atoms with Crippen molar-refractivity contribution in [3.63, 3.8) is 0 Å². The Morgan fingerprint density at radius 1 is 1.19 bits per heavy atom. The number of benzene rings is 1. The van der Waals surface area contributed by atoms with Crippen LogP contribution in [0.5, 0.6) is 0 Å². The first kappa shape index (κ1) is 15.9. The molecule has 4 N–H and O–H groups in total. The second-order valence-corrected chi connectivity index (χ2v) is 5.73. The Morgan fingerprint density at radius 3 is 2.69 bits per heavy atom. The number of hydrogen-bond donors (Lipinski definition) is 2.